The molecule has 0 spiro atoms. The summed E-state index contributed by atoms with van der Waals surface area (Å²) in [5, 5.41) is 9.02. The molecule has 0 bridgehead atoms. The lowest BCUT2D eigenvalue weighted by atomic mass is 10.2. The summed E-state index contributed by atoms with van der Waals surface area (Å²) >= 11 is 0. The van der Waals surface area contributed by atoms with Crippen molar-refractivity contribution in [3.05, 3.63) is 65.7 Å². The molecular weight excluding hydrogens is 268 g/mol. The number of carboxylic acid groups (broad SMARTS) is 1. The lowest BCUT2D eigenvalue weighted by molar-refractivity contribution is -0.111. The molecule has 4 nitrogen and oxygen atoms in total. The summed E-state index contributed by atoms with van der Waals surface area (Å²) < 4.78 is 11.6. The standard InChI is InChI=1S/C17H18O4/c1-12(2)20-17(13-7-4-3-5-8-13)21-15-10-6-9-14(11-15)16(18)19/h3-12,17H,1-2H3,(H,18,19). The molecule has 1 atom stereocenters. The first kappa shape index (κ1) is 15.1. The topological polar surface area (TPSA) is 55.8 Å². The van der Waals surface area contributed by atoms with Gasteiger partial charge in [0.15, 0.2) is 0 Å². The van der Waals surface area contributed by atoms with Gasteiger partial charge in [-0.25, -0.2) is 4.79 Å². The van der Waals surface area contributed by atoms with Crippen molar-refractivity contribution < 1.29 is 19.4 Å². The number of ether oxygens (including phenoxy) is 2. The molecule has 21 heavy (non-hydrogen) atoms. The van der Waals surface area contributed by atoms with Crippen LogP contribution in [0.4, 0.5) is 0 Å². The van der Waals surface area contributed by atoms with Crippen molar-refractivity contribution in [3.8, 4) is 5.75 Å². The molecule has 110 valence electrons. The maximum Gasteiger partial charge on any atom is 0.335 e. The Hall–Kier alpha value is -2.33. The van der Waals surface area contributed by atoms with Crippen molar-refractivity contribution in [1.29, 1.82) is 0 Å². The average Bonchev–Trinajstić information content (AvgIpc) is 2.47. The van der Waals surface area contributed by atoms with Crippen molar-refractivity contribution in [2.75, 3.05) is 0 Å². The first-order valence-electron chi connectivity index (χ1n) is 6.76. The van der Waals surface area contributed by atoms with Crippen LogP contribution >= 0.6 is 0 Å². The van der Waals surface area contributed by atoms with Crippen LogP contribution in [0.5, 0.6) is 5.75 Å². The Bertz CT molecular complexity index is 593. The van der Waals surface area contributed by atoms with Crippen LogP contribution in [0.25, 0.3) is 0 Å². The molecule has 0 fully saturated rings. The smallest absolute Gasteiger partial charge is 0.335 e. The fourth-order valence-corrected chi connectivity index (χ4v) is 1.86. The Kier molecular flexibility index (Phi) is 4.95. The largest absolute Gasteiger partial charge is 0.478 e. The minimum atomic E-state index is -0.985. The Labute approximate surface area is 123 Å². The maximum atomic E-state index is 11.0. The van der Waals surface area contributed by atoms with E-state index in [1.54, 1.807) is 12.1 Å². The number of carbonyl (C=O) groups is 1. The molecule has 0 aromatic heterocycles. The first-order valence-corrected chi connectivity index (χ1v) is 6.76. The van der Waals surface area contributed by atoms with Crippen LogP contribution in [0.2, 0.25) is 0 Å². The van der Waals surface area contributed by atoms with Gasteiger partial charge < -0.3 is 14.6 Å². The molecule has 0 amide bonds. The van der Waals surface area contributed by atoms with Crippen LogP contribution < -0.4 is 4.74 Å². The second-order valence-electron chi connectivity index (χ2n) is 4.88. The van der Waals surface area contributed by atoms with Gasteiger partial charge in [-0.15, -0.1) is 0 Å². The second kappa shape index (κ2) is 6.90. The predicted octanol–water partition coefficient (Wildman–Crippen LogP) is 3.89. The first-order chi connectivity index (χ1) is 10.1. The van der Waals surface area contributed by atoms with Crippen LogP contribution in [0.3, 0.4) is 0 Å². The van der Waals surface area contributed by atoms with E-state index in [1.807, 2.05) is 44.2 Å². The second-order valence-corrected chi connectivity index (χ2v) is 4.88. The maximum absolute atomic E-state index is 11.0. The van der Waals surface area contributed by atoms with Crippen molar-refractivity contribution in [2.45, 2.75) is 26.2 Å². The van der Waals surface area contributed by atoms with E-state index in [0.717, 1.165) is 5.56 Å². The summed E-state index contributed by atoms with van der Waals surface area (Å²) in [6, 6.07) is 15.9. The third kappa shape index (κ3) is 4.33. The molecule has 2 aromatic carbocycles. The zero-order valence-corrected chi connectivity index (χ0v) is 12.0. The molecule has 2 aromatic rings. The average molecular weight is 286 g/mol. The number of hydrogen-bond acceptors (Lipinski definition) is 3. The monoisotopic (exact) mass is 286 g/mol. The number of rotatable bonds is 6. The van der Waals surface area contributed by atoms with Gasteiger partial charge in [-0.05, 0) is 32.0 Å². The van der Waals surface area contributed by atoms with Gasteiger partial charge in [0.2, 0.25) is 6.29 Å². The quantitative estimate of drug-likeness (QED) is 0.819. The normalized spacial score (nSPS) is 12.1. The minimum absolute atomic E-state index is 0.0159. The molecule has 0 heterocycles. The molecule has 0 aliphatic carbocycles. The van der Waals surface area contributed by atoms with Gasteiger partial charge in [-0.1, -0.05) is 36.4 Å². The van der Waals surface area contributed by atoms with E-state index in [4.69, 9.17) is 14.6 Å². The molecule has 0 aliphatic heterocycles. The molecule has 0 saturated heterocycles. The molecule has 0 aliphatic rings. The summed E-state index contributed by atoms with van der Waals surface area (Å²) in [6.07, 6.45) is -0.590. The van der Waals surface area contributed by atoms with Crippen LogP contribution in [0.1, 0.15) is 36.1 Å². The predicted molar refractivity (Wildman–Crippen MR) is 79.4 cm³/mol. The number of carboxylic acids is 1. The van der Waals surface area contributed by atoms with Crippen LogP contribution in [-0.2, 0) is 4.74 Å². The molecule has 1 N–H and O–H groups in total. The Morgan fingerprint density at radius 1 is 1.05 bits per heavy atom. The van der Waals surface area contributed by atoms with Gasteiger partial charge >= 0.3 is 5.97 Å². The Morgan fingerprint density at radius 2 is 1.76 bits per heavy atom. The third-order valence-corrected chi connectivity index (χ3v) is 2.79. The van der Waals surface area contributed by atoms with Crippen molar-refractivity contribution in [2.24, 2.45) is 0 Å². The van der Waals surface area contributed by atoms with Gasteiger partial charge in [0.25, 0.3) is 0 Å². The number of aromatic carboxylic acids is 1. The number of hydrogen-bond donors (Lipinski definition) is 1. The summed E-state index contributed by atoms with van der Waals surface area (Å²) in [5.74, 6) is -0.522. The van der Waals surface area contributed by atoms with E-state index in [9.17, 15) is 4.79 Å². The van der Waals surface area contributed by atoms with Crippen molar-refractivity contribution in [1.82, 2.24) is 0 Å². The van der Waals surface area contributed by atoms with Crippen LogP contribution in [-0.4, -0.2) is 17.2 Å². The van der Waals surface area contributed by atoms with E-state index < -0.39 is 12.3 Å². The fraction of sp³-hybridized carbons (Fsp3) is 0.235. The van der Waals surface area contributed by atoms with E-state index in [0.29, 0.717) is 5.75 Å². The van der Waals surface area contributed by atoms with Crippen LogP contribution in [0.15, 0.2) is 54.6 Å². The lowest BCUT2D eigenvalue weighted by Crippen LogP contribution is -2.16. The molecule has 1 unspecified atom stereocenters. The molecular formula is C17H18O4. The van der Waals surface area contributed by atoms with Gasteiger partial charge in [-0.2, -0.15) is 0 Å². The highest BCUT2D eigenvalue weighted by atomic mass is 16.7. The Balaban J connectivity index is 2.23. The fourth-order valence-electron chi connectivity index (χ4n) is 1.86. The van der Waals surface area contributed by atoms with Crippen LogP contribution in [0, 0.1) is 0 Å². The highest BCUT2D eigenvalue weighted by Gasteiger charge is 2.16. The van der Waals surface area contributed by atoms with E-state index in [-0.39, 0.29) is 11.7 Å². The zero-order valence-electron chi connectivity index (χ0n) is 12.0. The highest BCUT2D eigenvalue weighted by Crippen LogP contribution is 2.25. The minimum Gasteiger partial charge on any atom is -0.478 e. The molecule has 0 saturated carbocycles. The van der Waals surface area contributed by atoms with Gasteiger partial charge in [-0.3, -0.25) is 0 Å². The SMILES string of the molecule is CC(C)OC(Oc1cccc(C(=O)O)c1)c1ccccc1. The van der Waals surface area contributed by atoms with E-state index >= 15 is 0 Å². The highest BCUT2D eigenvalue weighted by molar-refractivity contribution is 5.87. The van der Waals surface area contributed by atoms with E-state index in [2.05, 4.69) is 0 Å². The molecule has 2 rings (SSSR count). The summed E-state index contributed by atoms with van der Waals surface area (Å²) in [4.78, 5) is 11.0. The van der Waals surface area contributed by atoms with Crippen molar-refractivity contribution >= 4 is 5.97 Å². The van der Waals surface area contributed by atoms with Gasteiger partial charge in [0.1, 0.15) is 5.75 Å². The van der Waals surface area contributed by atoms with Gasteiger partial charge in [0, 0.05) is 5.56 Å². The van der Waals surface area contributed by atoms with Gasteiger partial charge in [0.05, 0.1) is 11.7 Å². The summed E-state index contributed by atoms with van der Waals surface area (Å²) in [6.45, 7) is 3.85. The number of benzene rings is 2. The van der Waals surface area contributed by atoms with E-state index in [1.165, 1.54) is 12.1 Å². The lowest BCUT2D eigenvalue weighted by Gasteiger charge is -2.22. The summed E-state index contributed by atoms with van der Waals surface area (Å²) in [5.41, 5.74) is 1.07. The summed E-state index contributed by atoms with van der Waals surface area (Å²) in [7, 11) is 0. The molecule has 0 radical (unpaired) electrons. The third-order valence-electron chi connectivity index (χ3n) is 2.79. The molecule has 4 heteroatoms. The zero-order chi connectivity index (χ0) is 15.2. The Morgan fingerprint density at radius 3 is 2.38 bits per heavy atom. The van der Waals surface area contributed by atoms with Crippen molar-refractivity contribution in [3.63, 3.8) is 0 Å².